The number of Topliss-reactive ketones (excluding diaryl/α,β-unsaturated/α-hetero) is 1. The lowest BCUT2D eigenvalue weighted by molar-refractivity contribution is -0.120. The molecular formula is C14H16N2O. The molecule has 0 saturated carbocycles. The van der Waals surface area contributed by atoms with Crippen molar-refractivity contribution in [2.24, 2.45) is 0 Å². The van der Waals surface area contributed by atoms with E-state index in [4.69, 9.17) is 5.26 Å². The predicted molar refractivity (Wildman–Crippen MR) is 65.5 cm³/mol. The third-order valence-corrected chi connectivity index (χ3v) is 3.16. The Morgan fingerprint density at radius 2 is 1.94 bits per heavy atom. The van der Waals surface area contributed by atoms with Gasteiger partial charge in [-0.05, 0) is 31.5 Å². The molecule has 0 bridgehead atoms. The molecule has 1 fully saturated rings. The van der Waals surface area contributed by atoms with Gasteiger partial charge >= 0.3 is 0 Å². The van der Waals surface area contributed by atoms with Crippen molar-refractivity contribution < 1.29 is 4.79 Å². The summed E-state index contributed by atoms with van der Waals surface area (Å²) in [6.45, 7) is 2.38. The minimum Gasteiger partial charge on any atom is -0.296 e. The van der Waals surface area contributed by atoms with Gasteiger partial charge in [0.05, 0.1) is 12.6 Å². The number of ketones is 1. The first-order chi connectivity index (χ1) is 8.31. The van der Waals surface area contributed by atoms with E-state index in [1.807, 2.05) is 30.3 Å². The molecule has 1 aliphatic heterocycles. The highest BCUT2D eigenvalue weighted by atomic mass is 16.1. The number of carbonyl (C=O) groups is 1. The molecule has 0 amide bonds. The Labute approximate surface area is 102 Å². The molecule has 3 nitrogen and oxygen atoms in total. The summed E-state index contributed by atoms with van der Waals surface area (Å²) < 4.78 is 0. The number of nitriles is 1. The van der Waals surface area contributed by atoms with Crippen molar-refractivity contribution in [3.63, 3.8) is 0 Å². The normalized spacial score (nSPS) is 17.6. The molecule has 0 unspecified atom stereocenters. The summed E-state index contributed by atoms with van der Waals surface area (Å²) in [6, 6.07) is 11.4. The van der Waals surface area contributed by atoms with E-state index < -0.39 is 5.92 Å². The number of rotatable bonds is 4. The number of hydrogen-bond donors (Lipinski definition) is 0. The second kappa shape index (κ2) is 5.60. The van der Waals surface area contributed by atoms with E-state index in [1.165, 1.54) is 0 Å². The number of likely N-dealkylation sites (tertiary alicyclic amines) is 1. The number of nitrogens with zero attached hydrogens (tertiary/aromatic N) is 2. The quantitative estimate of drug-likeness (QED) is 0.791. The Bertz CT molecular complexity index is 416. The zero-order valence-corrected chi connectivity index (χ0v) is 9.80. The van der Waals surface area contributed by atoms with E-state index in [9.17, 15) is 4.79 Å². The molecule has 0 N–H and O–H groups in total. The van der Waals surface area contributed by atoms with Gasteiger partial charge in [-0.15, -0.1) is 0 Å². The molecule has 0 aromatic heterocycles. The highest BCUT2D eigenvalue weighted by molar-refractivity contribution is 5.90. The second-order valence-electron chi connectivity index (χ2n) is 4.42. The van der Waals surface area contributed by atoms with E-state index in [2.05, 4.69) is 11.0 Å². The van der Waals surface area contributed by atoms with Crippen LogP contribution in [0.5, 0.6) is 0 Å². The summed E-state index contributed by atoms with van der Waals surface area (Å²) >= 11 is 0. The van der Waals surface area contributed by atoms with E-state index in [-0.39, 0.29) is 5.78 Å². The SMILES string of the molecule is N#C[C@H](C(=O)CN1CCCC1)c1ccccc1. The maximum absolute atomic E-state index is 12.1. The van der Waals surface area contributed by atoms with E-state index in [0.717, 1.165) is 31.5 Å². The maximum Gasteiger partial charge on any atom is 0.168 e. The first kappa shape index (κ1) is 11.8. The number of benzene rings is 1. The molecule has 0 radical (unpaired) electrons. The van der Waals surface area contributed by atoms with Crippen molar-refractivity contribution in [2.75, 3.05) is 19.6 Å². The maximum atomic E-state index is 12.1. The van der Waals surface area contributed by atoms with Crippen LogP contribution >= 0.6 is 0 Å². The summed E-state index contributed by atoms with van der Waals surface area (Å²) in [4.78, 5) is 14.2. The van der Waals surface area contributed by atoms with Crippen molar-refractivity contribution in [1.82, 2.24) is 4.90 Å². The highest BCUT2D eigenvalue weighted by Gasteiger charge is 2.23. The summed E-state index contributed by atoms with van der Waals surface area (Å²) in [5, 5.41) is 9.13. The summed E-state index contributed by atoms with van der Waals surface area (Å²) in [5.41, 5.74) is 0.805. The number of hydrogen-bond acceptors (Lipinski definition) is 3. The molecule has 1 aromatic carbocycles. The van der Waals surface area contributed by atoms with Gasteiger partial charge in [0.1, 0.15) is 5.92 Å². The molecule has 1 atom stereocenters. The molecule has 1 heterocycles. The molecule has 3 heteroatoms. The summed E-state index contributed by atoms with van der Waals surface area (Å²) in [6.07, 6.45) is 2.33. The molecule has 17 heavy (non-hydrogen) atoms. The lowest BCUT2D eigenvalue weighted by Crippen LogP contribution is -2.29. The van der Waals surface area contributed by atoms with Crippen LogP contribution in [-0.2, 0) is 4.79 Å². The van der Waals surface area contributed by atoms with Crippen molar-refractivity contribution in [3.05, 3.63) is 35.9 Å². The van der Waals surface area contributed by atoms with Crippen LogP contribution < -0.4 is 0 Å². The highest BCUT2D eigenvalue weighted by Crippen LogP contribution is 2.17. The van der Waals surface area contributed by atoms with Crippen LogP contribution in [0.4, 0.5) is 0 Å². The Hall–Kier alpha value is -1.66. The Balaban J connectivity index is 2.03. The van der Waals surface area contributed by atoms with Crippen LogP contribution in [0.2, 0.25) is 0 Å². The van der Waals surface area contributed by atoms with Gasteiger partial charge in [0, 0.05) is 0 Å². The van der Waals surface area contributed by atoms with Crippen LogP contribution in [-0.4, -0.2) is 30.3 Å². The van der Waals surface area contributed by atoms with Crippen LogP contribution in [0, 0.1) is 11.3 Å². The third kappa shape index (κ3) is 2.92. The standard InChI is InChI=1S/C14H16N2O/c15-10-13(12-6-2-1-3-7-12)14(17)11-16-8-4-5-9-16/h1-3,6-7,13H,4-5,8-9,11H2/t13-/m0/s1. The Kier molecular flexibility index (Phi) is 3.89. The van der Waals surface area contributed by atoms with E-state index in [1.54, 1.807) is 0 Å². The molecule has 88 valence electrons. The molecule has 1 aromatic rings. The van der Waals surface area contributed by atoms with Gasteiger partial charge in [0.2, 0.25) is 0 Å². The Morgan fingerprint density at radius 1 is 1.29 bits per heavy atom. The zero-order chi connectivity index (χ0) is 12.1. The van der Waals surface area contributed by atoms with Gasteiger partial charge in [-0.1, -0.05) is 30.3 Å². The average molecular weight is 228 g/mol. The van der Waals surface area contributed by atoms with E-state index in [0.29, 0.717) is 6.54 Å². The van der Waals surface area contributed by atoms with Crippen LogP contribution in [0.3, 0.4) is 0 Å². The molecule has 1 saturated heterocycles. The van der Waals surface area contributed by atoms with Gasteiger partial charge in [0.15, 0.2) is 5.78 Å². The van der Waals surface area contributed by atoms with Gasteiger partial charge in [-0.2, -0.15) is 5.26 Å². The van der Waals surface area contributed by atoms with Crippen molar-refractivity contribution in [3.8, 4) is 6.07 Å². The van der Waals surface area contributed by atoms with E-state index >= 15 is 0 Å². The van der Waals surface area contributed by atoms with Gasteiger partial charge < -0.3 is 0 Å². The minimum absolute atomic E-state index is 0.0144. The van der Waals surface area contributed by atoms with Crippen LogP contribution in [0.15, 0.2) is 30.3 Å². The smallest absolute Gasteiger partial charge is 0.168 e. The van der Waals surface area contributed by atoms with Crippen molar-refractivity contribution in [1.29, 1.82) is 5.26 Å². The fourth-order valence-corrected chi connectivity index (χ4v) is 2.23. The summed E-state index contributed by atoms with van der Waals surface area (Å²) in [7, 11) is 0. The average Bonchev–Trinajstić information content (AvgIpc) is 2.84. The molecule has 0 aliphatic carbocycles. The van der Waals surface area contributed by atoms with Crippen LogP contribution in [0.25, 0.3) is 0 Å². The first-order valence-corrected chi connectivity index (χ1v) is 6.01. The molecule has 2 rings (SSSR count). The van der Waals surface area contributed by atoms with Crippen molar-refractivity contribution in [2.45, 2.75) is 18.8 Å². The van der Waals surface area contributed by atoms with Crippen LogP contribution in [0.1, 0.15) is 24.3 Å². The largest absolute Gasteiger partial charge is 0.296 e. The van der Waals surface area contributed by atoms with Crippen molar-refractivity contribution >= 4 is 5.78 Å². The first-order valence-electron chi connectivity index (χ1n) is 6.01. The molecule has 0 spiro atoms. The fraction of sp³-hybridized carbons (Fsp3) is 0.429. The third-order valence-electron chi connectivity index (χ3n) is 3.16. The second-order valence-corrected chi connectivity index (χ2v) is 4.42. The lowest BCUT2D eigenvalue weighted by atomic mass is 9.96. The Morgan fingerprint density at radius 3 is 2.53 bits per heavy atom. The molecular weight excluding hydrogens is 212 g/mol. The lowest BCUT2D eigenvalue weighted by Gasteiger charge is -2.15. The van der Waals surface area contributed by atoms with Gasteiger partial charge in [-0.25, -0.2) is 0 Å². The predicted octanol–water partition coefficient (Wildman–Crippen LogP) is 1.96. The molecule has 1 aliphatic rings. The monoisotopic (exact) mass is 228 g/mol. The fourth-order valence-electron chi connectivity index (χ4n) is 2.23. The summed E-state index contributed by atoms with van der Waals surface area (Å²) in [5.74, 6) is -0.600. The zero-order valence-electron chi connectivity index (χ0n) is 9.80. The minimum atomic E-state index is -0.614. The number of carbonyl (C=O) groups excluding carboxylic acids is 1. The van der Waals surface area contributed by atoms with Gasteiger partial charge in [0.25, 0.3) is 0 Å². The van der Waals surface area contributed by atoms with Gasteiger partial charge in [-0.3, -0.25) is 9.69 Å². The topological polar surface area (TPSA) is 44.1 Å².